The molecule has 0 aliphatic heterocycles. The lowest BCUT2D eigenvalue weighted by Crippen LogP contribution is -2.25. The Morgan fingerprint density at radius 1 is 1.10 bits per heavy atom. The van der Waals surface area contributed by atoms with E-state index in [9.17, 15) is 5.11 Å². The van der Waals surface area contributed by atoms with Gasteiger partial charge in [-0.3, -0.25) is 0 Å². The summed E-state index contributed by atoms with van der Waals surface area (Å²) in [5, 5.41) is 11.6. The molecule has 0 amide bonds. The average molecular weight is 305 g/mol. The van der Waals surface area contributed by atoms with Gasteiger partial charge in [-0.05, 0) is 44.5 Å². The number of ether oxygens (including phenoxy) is 1. The highest BCUT2D eigenvalue weighted by Gasteiger charge is 2.27. The molecule has 0 aliphatic carbocycles. The number of para-hydroxylation sites is 1. The van der Waals surface area contributed by atoms with E-state index < -0.39 is 5.60 Å². The van der Waals surface area contributed by atoms with Gasteiger partial charge in [-0.15, -0.1) is 0 Å². The normalized spacial score (nSPS) is 14.0. The third-order valence-electron chi connectivity index (χ3n) is 3.29. The van der Waals surface area contributed by atoms with Crippen molar-refractivity contribution in [2.24, 2.45) is 0 Å². The maximum atomic E-state index is 10.9. The highest BCUT2D eigenvalue weighted by atomic mass is 35.5. The van der Waals surface area contributed by atoms with Gasteiger partial charge in [0.25, 0.3) is 0 Å². The van der Waals surface area contributed by atoms with Gasteiger partial charge in [-0.25, -0.2) is 0 Å². The second-order valence-corrected chi connectivity index (χ2v) is 6.18. The molecule has 0 saturated carbocycles. The van der Waals surface area contributed by atoms with E-state index in [1.165, 1.54) is 0 Å². The highest BCUT2D eigenvalue weighted by Crippen LogP contribution is 2.33. The molecule has 0 aliphatic rings. The van der Waals surface area contributed by atoms with Crippen molar-refractivity contribution in [1.29, 1.82) is 0 Å². The Morgan fingerprint density at radius 2 is 1.71 bits per heavy atom. The number of aliphatic hydroxyl groups is 1. The van der Waals surface area contributed by atoms with Gasteiger partial charge in [0, 0.05) is 17.0 Å². The fourth-order valence-corrected chi connectivity index (χ4v) is 2.49. The van der Waals surface area contributed by atoms with Gasteiger partial charge in [-0.1, -0.05) is 41.9 Å². The van der Waals surface area contributed by atoms with Crippen molar-refractivity contribution in [2.45, 2.75) is 38.9 Å². The van der Waals surface area contributed by atoms with Crippen molar-refractivity contribution in [1.82, 2.24) is 0 Å². The van der Waals surface area contributed by atoms with Crippen LogP contribution in [0.5, 0.6) is 5.75 Å². The zero-order valence-corrected chi connectivity index (χ0v) is 13.4. The molecular formula is C18H21ClO2. The van der Waals surface area contributed by atoms with Crippen molar-refractivity contribution in [2.75, 3.05) is 0 Å². The van der Waals surface area contributed by atoms with E-state index in [0.717, 1.165) is 16.9 Å². The van der Waals surface area contributed by atoms with Crippen LogP contribution in [0.25, 0.3) is 0 Å². The van der Waals surface area contributed by atoms with Crippen LogP contribution in [0.2, 0.25) is 5.02 Å². The van der Waals surface area contributed by atoms with Crippen LogP contribution in [0.1, 0.15) is 31.9 Å². The zero-order chi connectivity index (χ0) is 15.5. The number of benzene rings is 2. The summed E-state index contributed by atoms with van der Waals surface area (Å²) in [4.78, 5) is 0. The summed E-state index contributed by atoms with van der Waals surface area (Å²) in [5.74, 6) is 0.728. The van der Waals surface area contributed by atoms with Crippen molar-refractivity contribution < 1.29 is 9.84 Å². The Hall–Kier alpha value is -1.51. The van der Waals surface area contributed by atoms with Gasteiger partial charge < -0.3 is 9.84 Å². The van der Waals surface area contributed by atoms with E-state index in [-0.39, 0.29) is 6.10 Å². The predicted octanol–water partition coefficient (Wildman–Crippen LogP) is 4.58. The summed E-state index contributed by atoms with van der Waals surface area (Å²) in [6.45, 7) is 5.76. The van der Waals surface area contributed by atoms with E-state index in [0.29, 0.717) is 11.4 Å². The molecule has 2 rings (SSSR count). The van der Waals surface area contributed by atoms with Crippen molar-refractivity contribution >= 4 is 11.6 Å². The summed E-state index contributed by atoms with van der Waals surface area (Å²) in [5.41, 5.74) is 0.830. The SMILES string of the molecule is CC(C)Oc1ccccc1C(C)(O)Cc1ccc(Cl)cc1. The first-order valence-electron chi connectivity index (χ1n) is 7.11. The number of rotatable bonds is 5. The number of hydrogen-bond acceptors (Lipinski definition) is 2. The topological polar surface area (TPSA) is 29.5 Å². The molecule has 112 valence electrons. The first-order valence-corrected chi connectivity index (χ1v) is 7.49. The summed E-state index contributed by atoms with van der Waals surface area (Å²) in [6, 6.07) is 15.2. The quantitative estimate of drug-likeness (QED) is 0.876. The van der Waals surface area contributed by atoms with Gasteiger partial charge in [0.1, 0.15) is 5.75 Å². The molecule has 3 heteroatoms. The molecule has 0 saturated heterocycles. The van der Waals surface area contributed by atoms with Gasteiger partial charge in [-0.2, -0.15) is 0 Å². The highest BCUT2D eigenvalue weighted by molar-refractivity contribution is 6.30. The second kappa shape index (κ2) is 6.50. The zero-order valence-electron chi connectivity index (χ0n) is 12.6. The van der Waals surface area contributed by atoms with Crippen LogP contribution in [-0.4, -0.2) is 11.2 Å². The van der Waals surface area contributed by atoms with Crippen LogP contribution in [0, 0.1) is 0 Å². The van der Waals surface area contributed by atoms with Crippen LogP contribution in [0.4, 0.5) is 0 Å². The molecule has 0 bridgehead atoms. The summed E-state index contributed by atoms with van der Waals surface area (Å²) >= 11 is 5.90. The Kier molecular flexibility index (Phi) is 4.92. The molecule has 0 fully saturated rings. The fourth-order valence-electron chi connectivity index (χ4n) is 2.36. The Bertz CT molecular complexity index is 588. The van der Waals surface area contributed by atoms with Gasteiger partial charge in [0.2, 0.25) is 0 Å². The molecule has 2 aromatic rings. The molecule has 0 aromatic heterocycles. The van der Waals surface area contributed by atoms with Crippen LogP contribution < -0.4 is 4.74 Å². The smallest absolute Gasteiger partial charge is 0.125 e. The Labute approximate surface area is 131 Å². The van der Waals surface area contributed by atoms with Crippen molar-refractivity contribution in [3.8, 4) is 5.75 Å². The Morgan fingerprint density at radius 3 is 2.33 bits per heavy atom. The average Bonchev–Trinajstić information content (AvgIpc) is 2.41. The molecule has 0 spiro atoms. The minimum atomic E-state index is -1.00. The van der Waals surface area contributed by atoms with Gasteiger partial charge in [0.15, 0.2) is 0 Å². The number of halogens is 1. The van der Waals surface area contributed by atoms with Crippen LogP contribution >= 0.6 is 11.6 Å². The third-order valence-corrected chi connectivity index (χ3v) is 3.54. The lowest BCUT2D eigenvalue weighted by molar-refractivity contribution is 0.0530. The van der Waals surface area contributed by atoms with E-state index in [1.54, 1.807) is 0 Å². The predicted molar refractivity (Wildman–Crippen MR) is 86.9 cm³/mol. The fraction of sp³-hybridized carbons (Fsp3) is 0.333. The maximum Gasteiger partial charge on any atom is 0.125 e. The summed E-state index contributed by atoms with van der Waals surface area (Å²) in [7, 11) is 0. The molecule has 1 N–H and O–H groups in total. The molecule has 21 heavy (non-hydrogen) atoms. The number of hydrogen-bond donors (Lipinski definition) is 1. The summed E-state index contributed by atoms with van der Waals surface area (Å²) < 4.78 is 5.81. The molecule has 1 unspecified atom stereocenters. The summed E-state index contributed by atoms with van der Waals surface area (Å²) in [6.07, 6.45) is 0.570. The minimum absolute atomic E-state index is 0.0671. The monoisotopic (exact) mass is 304 g/mol. The molecule has 2 aromatic carbocycles. The molecule has 1 atom stereocenters. The lowest BCUT2D eigenvalue weighted by Gasteiger charge is -2.27. The van der Waals surface area contributed by atoms with Crippen LogP contribution in [-0.2, 0) is 12.0 Å². The first-order chi connectivity index (χ1) is 9.88. The van der Waals surface area contributed by atoms with E-state index in [4.69, 9.17) is 16.3 Å². The lowest BCUT2D eigenvalue weighted by atomic mass is 9.88. The Balaban J connectivity index is 2.28. The van der Waals surface area contributed by atoms with Gasteiger partial charge in [0.05, 0.1) is 11.7 Å². The third kappa shape index (κ3) is 4.23. The van der Waals surface area contributed by atoms with Crippen LogP contribution in [0.15, 0.2) is 48.5 Å². The van der Waals surface area contributed by atoms with E-state index in [2.05, 4.69) is 0 Å². The van der Waals surface area contributed by atoms with E-state index >= 15 is 0 Å². The molecule has 0 heterocycles. The van der Waals surface area contributed by atoms with Crippen molar-refractivity contribution in [3.63, 3.8) is 0 Å². The second-order valence-electron chi connectivity index (χ2n) is 5.74. The standard InChI is InChI=1S/C18H21ClO2/c1-13(2)21-17-7-5-4-6-16(17)18(3,20)12-14-8-10-15(19)11-9-14/h4-11,13,20H,12H2,1-3H3. The van der Waals surface area contributed by atoms with Crippen molar-refractivity contribution in [3.05, 3.63) is 64.7 Å². The van der Waals surface area contributed by atoms with E-state index in [1.807, 2.05) is 69.3 Å². The minimum Gasteiger partial charge on any atom is -0.491 e. The molecule has 0 radical (unpaired) electrons. The largest absolute Gasteiger partial charge is 0.491 e. The molecule has 2 nitrogen and oxygen atoms in total. The van der Waals surface area contributed by atoms with Gasteiger partial charge >= 0.3 is 0 Å². The molecular weight excluding hydrogens is 284 g/mol. The van der Waals surface area contributed by atoms with Crippen LogP contribution in [0.3, 0.4) is 0 Å². The first kappa shape index (κ1) is 15.9. The maximum absolute atomic E-state index is 10.9.